The lowest BCUT2D eigenvalue weighted by Crippen LogP contribution is -2.24. The van der Waals surface area contributed by atoms with Crippen molar-refractivity contribution in [2.45, 2.75) is 26.6 Å². The third-order valence-electron chi connectivity index (χ3n) is 4.99. The third-order valence-corrected chi connectivity index (χ3v) is 4.99. The number of aromatic nitrogens is 5. The smallest absolute Gasteiger partial charge is 0.260 e. The molecule has 0 fully saturated rings. The number of carbonyl (C=O) groups is 1. The number of nitrogens with zero attached hydrogens (tertiary/aromatic N) is 7. The predicted molar refractivity (Wildman–Crippen MR) is 111 cm³/mol. The van der Waals surface area contributed by atoms with E-state index in [1.165, 1.54) is 0 Å². The number of fused-ring (bicyclic) bond motifs is 1. The first-order chi connectivity index (χ1) is 14.0. The van der Waals surface area contributed by atoms with E-state index in [2.05, 4.69) is 15.5 Å². The van der Waals surface area contributed by atoms with Gasteiger partial charge in [0.1, 0.15) is 23.7 Å². The van der Waals surface area contributed by atoms with Gasteiger partial charge in [0.15, 0.2) is 5.82 Å². The average Bonchev–Trinajstić information content (AvgIpc) is 3.33. The zero-order valence-electron chi connectivity index (χ0n) is 17.0. The van der Waals surface area contributed by atoms with E-state index in [0.29, 0.717) is 36.0 Å². The number of hydrogen-bond donors (Lipinski definition) is 1. The van der Waals surface area contributed by atoms with Crippen LogP contribution < -0.4 is 15.1 Å². The molecule has 150 valence electrons. The van der Waals surface area contributed by atoms with Crippen molar-refractivity contribution in [2.24, 2.45) is 0 Å². The Labute approximate surface area is 169 Å². The third kappa shape index (κ3) is 3.33. The maximum atomic E-state index is 13.2. The van der Waals surface area contributed by atoms with Gasteiger partial charge >= 0.3 is 0 Å². The minimum absolute atomic E-state index is 0.0653. The second kappa shape index (κ2) is 7.59. The molecule has 0 unspecified atom stereocenters. The van der Waals surface area contributed by atoms with Crippen molar-refractivity contribution in [1.29, 1.82) is 0 Å². The zero-order chi connectivity index (χ0) is 20.5. The fourth-order valence-corrected chi connectivity index (χ4v) is 3.46. The SMILES string of the molecule is CCn1cnnc1-c1cccc(N2Cc3c(cc(N(C)C)nc3CNC)C2=O)n1. The Morgan fingerprint density at radius 2 is 2.07 bits per heavy atom. The number of carbonyl (C=O) groups excluding carboxylic acids is 1. The molecule has 1 amide bonds. The highest BCUT2D eigenvalue weighted by Crippen LogP contribution is 2.32. The van der Waals surface area contributed by atoms with E-state index in [4.69, 9.17) is 9.97 Å². The lowest BCUT2D eigenvalue weighted by Gasteiger charge is -2.15. The Hall–Kier alpha value is -3.33. The predicted octanol–water partition coefficient (Wildman–Crippen LogP) is 1.70. The molecule has 0 aromatic carbocycles. The summed E-state index contributed by atoms with van der Waals surface area (Å²) in [6, 6.07) is 7.47. The Morgan fingerprint density at radius 1 is 1.24 bits per heavy atom. The lowest BCUT2D eigenvalue weighted by molar-refractivity contribution is 0.0996. The largest absolute Gasteiger partial charge is 0.363 e. The number of amides is 1. The molecule has 0 saturated carbocycles. The summed E-state index contributed by atoms with van der Waals surface area (Å²) in [5, 5.41) is 11.3. The van der Waals surface area contributed by atoms with E-state index in [-0.39, 0.29) is 5.91 Å². The van der Waals surface area contributed by atoms with Crippen LogP contribution in [-0.4, -0.2) is 51.8 Å². The highest BCUT2D eigenvalue weighted by Gasteiger charge is 2.33. The van der Waals surface area contributed by atoms with Crippen molar-refractivity contribution in [3.63, 3.8) is 0 Å². The molecule has 0 saturated heterocycles. The molecule has 0 spiro atoms. The quantitative estimate of drug-likeness (QED) is 0.683. The summed E-state index contributed by atoms with van der Waals surface area (Å²) in [7, 11) is 5.72. The highest BCUT2D eigenvalue weighted by molar-refractivity contribution is 6.10. The maximum Gasteiger partial charge on any atom is 0.260 e. The standard InChI is InChI=1S/C20H24N8O/c1-5-27-12-22-25-19(27)15-7-6-8-17(23-15)28-11-14-13(20(28)29)9-18(26(3)4)24-16(14)10-21-2/h6-9,12,21H,5,10-11H2,1-4H3. The minimum Gasteiger partial charge on any atom is -0.363 e. The van der Waals surface area contributed by atoms with E-state index >= 15 is 0 Å². The summed E-state index contributed by atoms with van der Waals surface area (Å²) in [6.45, 7) is 3.81. The first-order valence-electron chi connectivity index (χ1n) is 9.55. The molecule has 4 rings (SSSR count). The van der Waals surface area contributed by atoms with Gasteiger partial charge in [-0.1, -0.05) is 6.07 Å². The van der Waals surface area contributed by atoms with Gasteiger partial charge in [-0.15, -0.1) is 10.2 Å². The van der Waals surface area contributed by atoms with Crippen molar-refractivity contribution in [3.8, 4) is 11.5 Å². The van der Waals surface area contributed by atoms with Crippen LogP contribution in [0, 0.1) is 0 Å². The van der Waals surface area contributed by atoms with Crippen LogP contribution in [0.4, 0.5) is 11.6 Å². The Bertz CT molecular complexity index is 1060. The molecular weight excluding hydrogens is 368 g/mol. The average molecular weight is 392 g/mol. The van der Waals surface area contributed by atoms with Gasteiger partial charge in [0, 0.05) is 32.7 Å². The number of hydrogen-bond acceptors (Lipinski definition) is 7. The molecule has 1 aliphatic heterocycles. The Balaban J connectivity index is 1.73. The van der Waals surface area contributed by atoms with E-state index in [1.54, 1.807) is 11.2 Å². The van der Waals surface area contributed by atoms with Crippen LogP contribution in [0.1, 0.15) is 28.5 Å². The van der Waals surface area contributed by atoms with Gasteiger partial charge in [-0.3, -0.25) is 9.69 Å². The molecule has 3 aromatic heterocycles. The molecule has 0 bridgehead atoms. The highest BCUT2D eigenvalue weighted by atomic mass is 16.2. The molecule has 9 nitrogen and oxygen atoms in total. The molecule has 3 aromatic rings. The summed E-state index contributed by atoms with van der Waals surface area (Å²) in [4.78, 5) is 26.3. The molecule has 0 radical (unpaired) electrons. The van der Waals surface area contributed by atoms with Crippen LogP contribution in [0.3, 0.4) is 0 Å². The van der Waals surface area contributed by atoms with Gasteiger partial charge in [0.05, 0.1) is 17.8 Å². The Kier molecular flexibility index (Phi) is 4.98. The van der Waals surface area contributed by atoms with E-state index < -0.39 is 0 Å². The van der Waals surface area contributed by atoms with Crippen molar-refractivity contribution in [3.05, 3.63) is 47.4 Å². The molecule has 0 aliphatic carbocycles. The molecule has 0 atom stereocenters. The maximum absolute atomic E-state index is 13.2. The fraction of sp³-hybridized carbons (Fsp3) is 0.350. The summed E-state index contributed by atoms with van der Waals surface area (Å²) in [5.41, 5.74) is 3.19. The van der Waals surface area contributed by atoms with Crippen LogP contribution in [0.15, 0.2) is 30.6 Å². The lowest BCUT2D eigenvalue weighted by atomic mass is 10.1. The summed E-state index contributed by atoms with van der Waals surface area (Å²) >= 11 is 0. The summed E-state index contributed by atoms with van der Waals surface area (Å²) in [6.07, 6.45) is 1.68. The molecule has 1 aliphatic rings. The number of nitrogens with one attached hydrogen (secondary N) is 1. The zero-order valence-corrected chi connectivity index (χ0v) is 17.0. The van der Waals surface area contributed by atoms with Crippen LogP contribution in [0.5, 0.6) is 0 Å². The monoisotopic (exact) mass is 392 g/mol. The van der Waals surface area contributed by atoms with Gasteiger partial charge in [-0.2, -0.15) is 0 Å². The molecule has 9 heteroatoms. The molecule has 4 heterocycles. The van der Waals surface area contributed by atoms with E-state index in [1.807, 2.05) is 61.8 Å². The molecule has 29 heavy (non-hydrogen) atoms. The van der Waals surface area contributed by atoms with Crippen LogP contribution in [0.2, 0.25) is 0 Å². The molecular formula is C20H24N8O. The van der Waals surface area contributed by atoms with Gasteiger partial charge in [-0.25, -0.2) is 9.97 Å². The van der Waals surface area contributed by atoms with Gasteiger partial charge in [0.2, 0.25) is 0 Å². The van der Waals surface area contributed by atoms with E-state index in [0.717, 1.165) is 23.6 Å². The van der Waals surface area contributed by atoms with Crippen molar-refractivity contribution >= 4 is 17.5 Å². The summed E-state index contributed by atoms with van der Waals surface area (Å²) in [5.74, 6) is 1.98. The van der Waals surface area contributed by atoms with Crippen molar-refractivity contribution < 1.29 is 4.79 Å². The first-order valence-corrected chi connectivity index (χ1v) is 9.55. The summed E-state index contributed by atoms with van der Waals surface area (Å²) < 4.78 is 1.92. The van der Waals surface area contributed by atoms with Crippen molar-refractivity contribution in [2.75, 3.05) is 30.9 Å². The van der Waals surface area contributed by atoms with Gasteiger partial charge in [-0.05, 0) is 32.2 Å². The second-order valence-corrected chi connectivity index (χ2v) is 7.09. The number of aryl methyl sites for hydroxylation is 1. The van der Waals surface area contributed by atoms with Crippen molar-refractivity contribution in [1.82, 2.24) is 30.0 Å². The number of anilines is 2. The second-order valence-electron chi connectivity index (χ2n) is 7.09. The topological polar surface area (TPSA) is 92.1 Å². The normalized spacial score (nSPS) is 13.1. The van der Waals surface area contributed by atoms with Gasteiger partial charge < -0.3 is 14.8 Å². The number of pyridine rings is 2. The van der Waals surface area contributed by atoms with Crippen LogP contribution in [-0.2, 0) is 19.6 Å². The van der Waals surface area contributed by atoms with E-state index in [9.17, 15) is 4.79 Å². The van der Waals surface area contributed by atoms with Crippen LogP contribution in [0.25, 0.3) is 11.5 Å². The Morgan fingerprint density at radius 3 is 2.79 bits per heavy atom. The molecule has 1 N–H and O–H groups in total. The van der Waals surface area contributed by atoms with Gasteiger partial charge in [0.25, 0.3) is 5.91 Å². The minimum atomic E-state index is -0.0653. The van der Waals surface area contributed by atoms with Crippen LogP contribution >= 0.6 is 0 Å². The first kappa shape index (κ1) is 19.0. The number of rotatable bonds is 6. The fourth-order valence-electron chi connectivity index (χ4n) is 3.46.